The molecule has 0 radical (unpaired) electrons. The van der Waals surface area contributed by atoms with E-state index in [1.165, 1.54) is 23.8 Å². The van der Waals surface area contributed by atoms with Gasteiger partial charge in [-0.2, -0.15) is 0 Å². The second-order valence-electron chi connectivity index (χ2n) is 5.90. The number of hydrogen-bond donors (Lipinski definition) is 0. The molecule has 28 heavy (non-hydrogen) atoms. The summed E-state index contributed by atoms with van der Waals surface area (Å²) in [6, 6.07) is 3.69. The van der Waals surface area contributed by atoms with Gasteiger partial charge in [-0.1, -0.05) is 30.9 Å². The highest BCUT2D eigenvalue weighted by Crippen LogP contribution is 2.39. The SMILES string of the molecule is CCCOc1c(Br)cc(/C=C2\SC(=S)N(CCCC(=O)OC)C2=O)cc1OC. The van der Waals surface area contributed by atoms with Gasteiger partial charge < -0.3 is 14.2 Å². The van der Waals surface area contributed by atoms with E-state index >= 15 is 0 Å². The number of rotatable bonds is 9. The Morgan fingerprint density at radius 1 is 1.36 bits per heavy atom. The largest absolute Gasteiger partial charge is 0.493 e. The first-order valence-corrected chi connectivity index (χ1v) is 10.8. The van der Waals surface area contributed by atoms with E-state index < -0.39 is 0 Å². The molecule has 0 bridgehead atoms. The van der Waals surface area contributed by atoms with Gasteiger partial charge in [0.25, 0.3) is 5.91 Å². The van der Waals surface area contributed by atoms with Crippen molar-refractivity contribution in [3.05, 3.63) is 27.1 Å². The van der Waals surface area contributed by atoms with Crippen molar-refractivity contribution in [3.8, 4) is 11.5 Å². The highest BCUT2D eigenvalue weighted by molar-refractivity contribution is 9.10. The van der Waals surface area contributed by atoms with E-state index in [1.54, 1.807) is 13.2 Å². The molecule has 0 unspecified atom stereocenters. The van der Waals surface area contributed by atoms with E-state index in [1.807, 2.05) is 19.1 Å². The molecular formula is C19H22BrNO5S2. The quantitative estimate of drug-likeness (QED) is 0.290. The number of hydrogen-bond acceptors (Lipinski definition) is 7. The van der Waals surface area contributed by atoms with Crippen molar-refractivity contribution in [1.82, 2.24) is 4.90 Å². The standard InChI is InChI=1S/C19H22BrNO5S2/c1-4-8-26-17-13(20)9-12(10-14(17)24-2)11-15-18(23)21(19(27)28-15)7-5-6-16(22)25-3/h9-11H,4-8H2,1-3H3/b15-11-. The fraction of sp³-hybridized carbons (Fsp3) is 0.421. The first-order valence-electron chi connectivity index (χ1n) is 8.73. The van der Waals surface area contributed by atoms with E-state index in [4.69, 9.17) is 21.7 Å². The Bertz CT molecular complexity index is 797. The summed E-state index contributed by atoms with van der Waals surface area (Å²) in [5.41, 5.74) is 0.794. The second kappa shape index (κ2) is 10.8. The number of methoxy groups -OCH3 is 2. The first-order chi connectivity index (χ1) is 13.4. The topological polar surface area (TPSA) is 65.1 Å². The summed E-state index contributed by atoms with van der Waals surface area (Å²) in [6.45, 7) is 2.99. The van der Waals surface area contributed by atoms with Gasteiger partial charge in [-0.15, -0.1) is 0 Å². The summed E-state index contributed by atoms with van der Waals surface area (Å²) >= 11 is 10.1. The molecule has 6 nitrogen and oxygen atoms in total. The van der Waals surface area contributed by atoms with Crippen LogP contribution in [0.2, 0.25) is 0 Å². The third-order valence-electron chi connectivity index (χ3n) is 3.86. The van der Waals surface area contributed by atoms with Crippen LogP contribution in [-0.2, 0) is 14.3 Å². The Labute approximate surface area is 182 Å². The summed E-state index contributed by atoms with van der Waals surface area (Å²) in [6.07, 6.45) is 3.40. The number of thiocarbonyl (C=S) groups is 1. The fourth-order valence-corrected chi connectivity index (χ4v) is 4.38. The Morgan fingerprint density at radius 2 is 2.11 bits per heavy atom. The predicted octanol–water partition coefficient (Wildman–Crippen LogP) is 4.40. The molecule has 152 valence electrons. The molecule has 1 heterocycles. The monoisotopic (exact) mass is 487 g/mol. The number of thioether (sulfide) groups is 1. The molecule has 1 aromatic rings. The van der Waals surface area contributed by atoms with Crippen LogP contribution >= 0.6 is 39.9 Å². The lowest BCUT2D eigenvalue weighted by Gasteiger charge is -2.14. The molecule has 1 aliphatic rings. The van der Waals surface area contributed by atoms with Gasteiger partial charge in [-0.05, 0) is 52.5 Å². The van der Waals surface area contributed by atoms with Crippen LogP contribution in [0.3, 0.4) is 0 Å². The van der Waals surface area contributed by atoms with Crippen molar-refractivity contribution in [1.29, 1.82) is 0 Å². The minimum atomic E-state index is -0.302. The summed E-state index contributed by atoms with van der Waals surface area (Å²) in [4.78, 5) is 26.0. The molecule has 9 heteroatoms. The Hall–Kier alpha value is -1.58. The zero-order chi connectivity index (χ0) is 20.7. The summed E-state index contributed by atoms with van der Waals surface area (Å²) in [5, 5.41) is 0. The third kappa shape index (κ3) is 5.71. The minimum absolute atomic E-state index is 0.165. The molecular weight excluding hydrogens is 466 g/mol. The van der Waals surface area contributed by atoms with E-state index in [0.717, 1.165) is 16.5 Å². The van der Waals surface area contributed by atoms with E-state index in [-0.39, 0.29) is 18.3 Å². The maximum atomic E-state index is 12.7. The summed E-state index contributed by atoms with van der Waals surface area (Å²) in [5.74, 6) is 0.754. The molecule has 1 aliphatic heterocycles. The minimum Gasteiger partial charge on any atom is -0.493 e. The molecule has 1 amide bonds. The Morgan fingerprint density at radius 3 is 2.75 bits per heavy atom. The van der Waals surface area contributed by atoms with E-state index in [2.05, 4.69) is 20.7 Å². The number of halogens is 1. The number of amides is 1. The molecule has 1 fully saturated rings. The van der Waals surface area contributed by atoms with Crippen molar-refractivity contribution in [3.63, 3.8) is 0 Å². The molecule has 0 spiro atoms. The summed E-state index contributed by atoms with van der Waals surface area (Å²) < 4.78 is 17.0. The van der Waals surface area contributed by atoms with Crippen molar-refractivity contribution >= 4 is 62.2 Å². The van der Waals surface area contributed by atoms with Crippen LogP contribution in [0.4, 0.5) is 0 Å². The molecule has 1 aromatic carbocycles. The normalized spacial score (nSPS) is 15.3. The van der Waals surface area contributed by atoms with Crippen LogP contribution in [0.5, 0.6) is 11.5 Å². The number of ether oxygens (including phenoxy) is 3. The Kier molecular flexibility index (Phi) is 8.78. The number of nitrogens with zero attached hydrogens (tertiary/aromatic N) is 1. The maximum Gasteiger partial charge on any atom is 0.305 e. The van der Waals surface area contributed by atoms with Gasteiger partial charge in [0.2, 0.25) is 0 Å². The van der Waals surface area contributed by atoms with Gasteiger partial charge in [-0.25, -0.2) is 0 Å². The van der Waals surface area contributed by atoms with Crippen molar-refractivity contribution in [2.75, 3.05) is 27.4 Å². The molecule has 2 rings (SSSR count). The van der Waals surface area contributed by atoms with E-state index in [0.29, 0.717) is 40.3 Å². The van der Waals surface area contributed by atoms with Crippen molar-refractivity contribution < 1.29 is 23.8 Å². The van der Waals surface area contributed by atoms with Gasteiger partial charge in [0.05, 0.1) is 30.2 Å². The van der Waals surface area contributed by atoms with E-state index in [9.17, 15) is 9.59 Å². The van der Waals surface area contributed by atoms with Crippen LogP contribution in [0.1, 0.15) is 31.7 Å². The zero-order valence-corrected chi connectivity index (χ0v) is 19.2. The molecule has 0 atom stereocenters. The number of carbonyl (C=O) groups excluding carboxylic acids is 2. The highest BCUT2D eigenvalue weighted by atomic mass is 79.9. The lowest BCUT2D eigenvalue weighted by molar-refractivity contribution is -0.141. The van der Waals surface area contributed by atoms with Crippen LogP contribution in [0.15, 0.2) is 21.5 Å². The van der Waals surface area contributed by atoms with Gasteiger partial charge in [0.15, 0.2) is 11.5 Å². The molecule has 0 aromatic heterocycles. The van der Waals surface area contributed by atoms with Gasteiger partial charge in [0, 0.05) is 13.0 Å². The average Bonchev–Trinajstić information content (AvgIpc) is 2.93. The zero-order valence-electron chi connectivity index (χ0n) is 16.0. The predicted molar refractivity (Wildman–Crippen MR) is 118 cm³/mol. The fourth-order valence-electron chi connectivity index (χ4n) is 2.50. The first kappa shape index (κ1) is 22.7. The van der Waals surface area contributed by atoms with Gasteiger partial charge >= 0.3 is 5.97 Å². The number of carbonyl (C=O) groups is 2. The maximum absolute atomic E-state index is 12.7. The Balaban J connectivity index is 2.16. The molecule has 1 saturated heterocycles. The van der Waals surface area contributed by atoms with Crippen LogP contribution < -0.4 is 9.47 Å². The van der Waals surface area contributed by atoms with Gasteiger partial charge in [0.1, 0.15) is 4.32 Å². The average molecular weight is 488 g/mol. The lowest BCUT2D eigenvalue weighted by Crippen LogP contribution is -2.29. The second-order valence-corrected chi connectivity index (χ2v) is 8.43. The molecule has 0 aliphatic carbocycles. The number of benzene rings is 1. The smallest absolute Gasteiger partial charge is 0.305 e. The van der Waals surface area contributed by atoms with Crippen molar-refractivity contribution in [2.45, 2.75) is 26.2 Å². The number of esters is 1. The highest BCUT2D eigenvalue weighted by Gasteiger charge is 2.31. The van der Waals surface area contributed by atoms with Gasteiger partial charge in [-0.3, -0.25) is 14.5 Å². The van der Waals surface area contributed by atoms with Crippen LogP contribution in [0, 0.1) is 0 Å². The molecule has 0 N–H and O–H groups in total. The third-order valence-corrected chi connectivity index (χ3v) is 5.83. The molecule has 0 saturated carbocycles. The lowest BCUT2D eigenvalue weighted by atomic mass is 10.1. The van der Waals surface area contributed by atoms with Crippen LogP contribution in [0.25, 0.3) is 6.08 Å². The van der Waals surface area contributed by atoms with Crippen molar-refractivity contribution in [2.24, 2.45) is 0 Å². The van der Waals surface area contributed by atoms with Crippen LogP contribution in [-0.4, -0.2) is 48.5 Å². The summed E-state index contributed by atoms with van der Waals surface area (Å²) in [7, 11) is 2.92.